The van der Waals surface area contributed by atoms with Crippen molar-refractivity contribution in [2.75, 3.05) is 24.3 Å². The third-order valence-electron chi connectivity index (χ3n) is 5.42. The number of nitrogen functional groups attached to an aromatic ring is 1. The molecule has 8 heteroatoms. The van der Waals surface area contributed by atoms with Crippen LogP contribution in [0.1, 0.15) is 38.7 Å². The van der Waals surface area contributed by atoms with E-state index in [2.05, 4.69) is 4.98 Å². The third kappa shape index (κ3) is 5.34. The average Bonchev–Trinajstić information content (AvgIpc) is 2.81. The molecule has 3 rings (SSSR count). The number of ether oxygens (including phenoxy) is 1. The molecule has 8 nitrogen and oxygen atoms in total. The largest absolute Gasteiger partial charge is 0.497 e. The van der Waals surface area contributed by atoms with Crippen LogP contribution in [-0.4, -0.2) is 29.1 Å². The summed E-state index contributed by atoms with van der Waals surface area (Å²) in [4.78, 5) is 41.6. The maximum Gasteiger partial charge on any atom is 0.330 e. The van der Waals surface area contributed by atoms with E-state index >= 15 is 0 Å². The second-order valence-corrected chi connectivity index (χ2v) is 7.79. The van der Waals surface area contributed by atoms with Gasteiger partial charge in [0.15, 0.2) is 5.69 Å². The molecule has 174 valence electrons. The number of nitrogens with one attached hydrogen (secondary N) is 1. The Hall–Kier alpha value is -3.81. The molecular formula is C25H30N4O4. The molecule has 0 radical (unpaired) electrons. The Morgan fingerprint density at radius 3 is 2.55 bits per heavy atom. The van der Waals surface area contributed by atoms with E-state index in [1.54, 1.807) is 13.2 Å². The first-order valence-corrected chi connectivity index (χ1v) is 11.1. The number of nitrogens with zero attached hydrogens (tertiary/aromatic N) is 2. The normalized spacial score (nSPS) is 11.2. The van der Waals surface area contributed by atoms with Crippen molar-refractivity contribution in [1.29, 1.82) is 0 Å². The number of aromatic amines is 1. The van der Waals surface area contributed by atoms with Gasteiger partial charge in [0, 0.05) is 19.2 Å². The lowest BCUT2D eigenvalue weighted by molar-refractivity contribution is -0.114. The zero-order chi connectivity index (χ0) is 24.0. The number of aromatic nitrogens is 2. The van der Waals surface area contributed by atoms with Gasteiger partial charge in [-0.3, -0.25) is 19.1 Å². The van der Waals surface area contributed by atoms with E-state index in [-0.39, 0.29) is 17.4 Å². The number of nitrogens with two attached hydrogens (primary N) is 1. The second-order valence-electron chi connectivity index (χ2n) is 7.79. The van der Waals surface area contributed by atoms with Crippen LogP contribution in [0.2, 0.25) is 0 Å². The fourth-order valence-corrected chi connectivity index (χ4v) is 3.66. The van der Waals surface area contributed by atoms with Crippen LogP contribution in [-0.2, 0) is 11.3 Å². The van der Waals surface area contributed by atoms with Gasteiger partial charge in [0.2, 0.25) is 0 Å². The number of methoxy groups -OCH3 is 1. The molecule has 0 fully saturated rings. The Labute approximate surface area is 192 Å². The van der Waals surface area contributed by atoms with Crippen LogP contribution >= 0.6 is 0 Å². The van der Waals surface area contributed by atoms with Crippen LogP contribution in [0.4, 0.5) is 11.5 Å². The summed E-state index contributed by atoms with van der Waals surface area (Å²) in [5.41, 5.74) is 5.82. The van der Waals surface area contributed by atoms with Crippen molar-refractivity contribution in [3.63, 3.8) is 0 Å². The molecule has 0 spiro atoms. The number of hydrogen-bond acceptors (Lipinski definition) is 5. The number of anilines is 2. The van der Waals surface area contributed by atoms with Crippen molar-refractivity contribution in [1.82, 2.24) is 9.55 Å². The summed E-state index contributed by atoms with van der Waals surface area (Å²) in [5, 5.41) is 2.04. The molecule has 0 saturated heterocycles. The van der Waals surface area contributed by atoms with Crippen molar-refractivity contribution < 1.29 is 9.53 Å². The lowest BCUT2D eigenvalue weighted by Crippen LogP contribution is -2.41. The summed E-state index contributed by atoms with van der Waals surface area (Å²) in [7, 11) is 1.62. The molecule has 0 aliphatic carbocycles. The highest BCUT2D eigenvalue weighted by Gasteiger charge is 2.22. The average molecular weight is 451 g/mol. The Kier molecular flexibility index (Phi) is 7.71. The molecule has 0 atom stereocenters. The van der Waals surface area contributed by atoms with Crippen LogP contribution in [0, 0.1) is 0 Å². The number of rotatable bonds is 9. The maximum absolute atomic E-state index is 13.1. The van der Waals surface area contributed by atoms with E-state index in [0.717, 1.165) is 34.9 Å². The van der Waals surface area contributed by atoms with E-state index in [4.69, 9.17) is 10.5 Å². The van der Waals surface area contributed by atoms with Crippen LogP contribution < -0.4 is 26.6 Å². The quantitative estimate of drug-likeness (QED) is 0.485. The SMILES string of the molecule is CCCCn1c(N)c(N(CCC)C(=O)/C=C/c2ccc3cc(OC)ccc3c2)c(=O)[nH]c1=O. The molecule has 0 saturated carbocycles. The Morgan fingerprint density at radius 2 is 1.85 bits per heavy atom. The number of amides is 1. The number of H-pyrrole nitrogens is 1. The fourth-order valence-electron chi connectivity index (χ4n) is 3.66. The van der Waals surface area contributed by atoms with E-state index in [9.17, 15) is 14.4 Å². The van der Waals surface area contributed by atoms with Gasteiger partial charge in [-0.05, 0) is 53.5 Å². The minimum absolute atomic E-state index is 0.00653. The van der Waals surface area contributed by atoms with Crippen LogP contribution in [0.3, 0.4) is 0 Å². The fraction of sp³-hybridized carbons (Fsp3) is 0.320. The summed E-state index contributed by atoms with van der Waals surface area (Å²) in [6.45, 7) is 4.56. The highest BCUT2D eigenvalue weighted by Crippen LogP contribution is 2.23. The summed E-state index contributed by atoms with van der Waals surface area (Å²) in [6, 6.07) is 11.6. The summed E-state index contributed by atoms with van der Waals surface area (Å²) >= 11 is 0. The van der Waals surface area contributed by atoms with Crippen molar-refractivity contribution in [2.24, 2.45) is 0 Å². The molecule has 0 unspecified atom stereocenters. The molecule has 3 aromatic rings. The van der Waals surface area contributed by atoms with E-state index in [1.165, 1.54) is 15.5 Å². The minimum atomic E-state index is -0.667. The molecule has 0 aliphatic rings. The second kappa shape index (κ2) is 10.7. The first kappa shape index (κ1) is 23.8. The number of carbonyl (C=O) groups excluding carboxylic acids is 1. The van der Waals surface area contributed by atoms with Gasteiger partial charge in [0.25, 0.3) is 11.5 Å². The van der Waals surface area contributed by atoms with Crippen molar-refractivity contribution in [3.05, 3.63) is 68.9 Å². The van der Waals surface area contributed by atoms with E-state index < -0.39 is 11.2 Å². The van der Waals surface area contributed by atoms with Gasteiger partial charge < -0.3 is 15.4 Å². The molecule has 0 bridgehead atoms. The Balaban J connectivity index is 1.93. The molecule has 3 N–H and O–H groups in total. The minimum Gasteiger partial charge on any atom is -0.497 e. The van der Waals surface area contributed by atoms with Crippen molar-refractivity contribution in [2.45, 2.75) is 39.7 Å². The van der Waals surface area contributed by atoms with Gasteiger partial charge in [-0.2, -0.15) is 0 Å². The molecular weight excluding hydrogens is 420 g/mol. The number of benzene rings is 2. The molecule has 1 heterocycles. The van der Waals surface area contributed by atoms with E-state index in [0.29, 0.717) is 19.5 Å². The molecule has 1 amide bonds. The lowest BCUT2D eigenvalue weighted by Gasteiger charge is -2.23. The summed E-state index contributed by atoms with van der Waals surface area (Å²) in [6.07, 6.45) is 5.32. The molecule has 2 aromatic carbocycles. The molecule has 33 heavy (non-hydrogen) atoms. The predicted molar refractivity (Wildman–Crippen MR) is 133 cm³/mol. The van der Waals surface area contributed by atoms with Crippen LogP contribution in [0.15, 0.2) is 52.1 Å². The first-order chi connectivity index (χ1) is 15.9. The highest BCUT2D eigenvalue weighted by atomic mass is 16.5. The van der Waals surface area contributed by atoms with Gasteiger partial charge in [0.05, 0.1) is 7.11 Å². The topological polar surface area (TPSA) is 110 Å². The maximum atomic E-state index is 13.1. The Morgan fingerprint density at radius 1 is 1.12 bits per heavy atom. The number of carbonyl (C=O) groups is 1. The predicted octanol–water partition coefficient (Wildman–Crippen LogP) is 3.54. The van der Waals surface area contributed by atoms with E-state index in [1.807, 2.05) is 50.2 Å². The zero-order valence-corrected chi connectivity index (χ0v) is 19.3. The van der Waals surface area contributed by atoms with Gasteiger partial charge in [-0.1, -0.05) is 38.5 Å². The number of unbranched alkanes of at least 4 members (excludes halogenated alkanes) is 1. The van der Waals surface area contributed by atoms with Crippen molar-refractivity contribution >= 4 is 34.3 Å². The Bertz CT molecular complexity index is 1290. The van der Waals surface area contributed by atoms with Gasteiger partial charge in [-0.15, -0.1) is 0 Å². The summed E-state index contributed by atoms with van der Waals surface area (Å²) < 4.78 is 6.57. The van der Waals surface area contributed by atoms with Crippen molar-refractivity contribution in [3.8, 4) is 5.75 Å². The zero-order valence-electron chi connectivity index (χ0n) is 19.3. The molecule has 1 aromatic heterocycles. The lowest BCUT2D eigenvalue weighted by atomic mass is 10.1. The summed E-state index contributed by atoms with van der Waals surface area (Å²) in [5.74, 6) is 0.399. The smallest absolute Gasteiger partial charge is 0.330 e. The highest BCUT2D eigenvalue weighted by molar-refractivity contribution is 6.05. The molecule has 0 aliphatic heterocycles. The van der Waals surface area contributed by atoms with Gasteiger partial charge >= 0.3 is 5.69 Å². The monoisotopic (exact) mass is 450 g/mol. The van der Waals surface area contributed by atoms with Crippen LogP contribution in [0.25, 0.3) is 16.8 Å². The van der Waals surface area contributed by atoms with Gasteiger partial charge in [-0.25, -0.2) is 4.79 Å². The number of fused-ring (bicyclic) bond motifs is 1. The van der Waals surface area contributed by atoms with Gasteiger partial charge in [0.1, 0.15) is 11.6 Å². The van der Waals surface area contributed by atoms with Crippen LogP contribution in [0.5, 0.6) is 5.75 Å². The first-order valence-electron chi connectivity index (χ1n) is 11.1. The standard InChI is InChI=1S/C25H30N4O4/c1-4-6-14-29-23(26)22(24(31)27-25(29)32)28(13-5-2)21(30)12-8-17-7-9-19-16-20(33-3)11-10-18(19)15-17/h7-12,15-16H,4-6,13-14,26H2,1-3H3,(H,27,31,32)/b12-8+. The third-order valence-corrected chi connectivity index (χ3v) is 5.42. The number of hydrogen-bond donors (Lipinski definition) is 2.